The summed E-state index contributed by atoms with van der Waals surface area (Å²) in [6.07, 6.45) is 0.311. The molecule has 1 N–H and O–H groups in total. The van der Waals surface area contributed by atoms with Gasteiger partial charge in [0, 0.05) is 12.0 Å². The fourth-order valence-electron chi connectivity index (χ4n) is 5.01. The summed E-state index contributed by atoms with van der Waals surface area (Å²) in [5.74, 6) is 3.01. The summed E-state index contributed by atoms with van der Waals surface area (Å²) in [6.45, 7) is 1.98. The molecule has 0 bridgehead atoms. The van der Waals surface area contributed by atoms with Crippen molar-refractivity contribution in [3.05, 3.63) is 46.5 Å². The maximum atomic E-state index is 11.4. The second-order valence-electron chi connectivity index (χ2n) is 7.77. The van der Waals surface area contributed by atoms with Crippen molar-refractivity contribution in [2.24, 2.45) is 0 Å². The van der Waals surface area contributed by atoms with Crippen molar-refractivity contribution in [1.29, 1.82) is 0 Å². The highest BCUT2D eigenvalue weighted by Crippen LogP contribution is 2.53. The van der Waals surface area contributed by atoms with E-state index in [1.54, 1.807) is 14.2 Å². The minimum atomic E-state index is -0.627. The predicted octanol–water partition coefficient (Wildman–Crippen LogP) is -0.272. The SMILES string of the molecule is COc1ccc2c(c1OC)C[N@@+]1(C)CCc3cc4c(cc3[C@@H]1[C@H]2O)OCO4.[Cl-]. The number of likely N-dealkylation sites (N-methyl/N-ethyl adjacent to an activating group) is 1. The summed E-state index contributed by atoms with van der Waals surface area (Å²) < 4.78 is 23.0. The van der Waals surface area contributed by atoms with Crippen LogP contribution in [0.4, 0.5) is 0 Å². The zero-order valence-corrected chi connectivity index (χ0v) is 17.0. The van der Waals surface area contributed by atoms with E-state index in [-0.39, 0.29) is 25.2 Å². The Hall–Kier alpha value is -2.15. The van der Waals surface area contributed by atoms with Crippen molar-refractivity contribution in [2.45, 2.75) is 25.1 Å². The number of ether oxygens (including phenoxy) is 4. The van der Waals surface area contributed by atoms with Gasteiger partial charge in [0.2, 0.25) is 6.79 Å². The Labute approximate surface area is 170 Å². The molecule has 150 valence electrons. The maximum Gasteiger partial charge on any atom is 0.231 e. The molecular formula is C21H24ClNO5. The molecule has 3 atom stereocenters. The van der Waals surface area contributed by atoms with Gasteiger partial charge in [0.1, 0.15) is 18.7 Å². The monoisotopic (exact) mass is 405 g/mol. The van der Waals surface area contributed by atoms with Crippen LogP contribution in [0, 0.1) is 0 Å². The number of nitrogens with zero attached hydrogens (tertiary/aromatic N) is 1. The molecule has 0 aromatic heterocycles. The molecule has 3 aliphatic heterocycles. The van der Waals surface area contributed by atoms with E-state index in [1.807, 2.05) is 12.1 Å². The van der Waals surface area contributed by atoms with Crippen molar-refractivity contribution in [3.8, 4) is 23.0 Å². The number of halogens is 1. The molecule has 0 saturated carbocycles. The third kappa shape index (κ3) is 2.55. The molecule has 6 nitrogen and oxygen atoms in total. The first-order valence-electron chi connectivity index (χ1n) is 9.24. The normalized spacial score (nSPS) is 26.4. The van der Waals surface area contributed by atoms with Gasteiger partial charge < -0.3 is 40.9 Å². The number of aliphatic hydroxyl groups is 1. The quantitative estimate of drug-likeness (QED) is 0.697. The second-order valence-corrected chi connectivity index (χ2v) is 7.77. The number of quaternary nitrogens is 1. The largest absolute Gasteiger partial charge is 1.00 e. The smallest absolute Gasteiger partial charge is 0.231 e. The Balaban J connectivity index is 0.00000192. The number of hydrogen-bond donors (Lipinski definition) is 1. The highest BCUT2D eigenvalue weighted by Gasteiger charge is 2.50. The number of rotatable bonds is 2. The van der Waals surface area contributed by atoms with Gasteiger partial charge in [0.15, 0.2) is 23.0 Å². The topological polar surface area (TPSA) is 57.2 Å². The Morgan fingerprint density at radius 2 is 1.82 bits per heavy atom. The summed E-state index contributed by atoms with van der Waals surface area (Å²) in [5.41, 5.74) is 4.34. The molecule has 0 saturated heterocycles. The van der Waals surface area contributed by atoms with Crippen LogP contribution in [0.1, 0.15) is 34.4 Å². The average Bonchev–Trinajstić information content (AvgIpc) is 3.12. The lowest BCUT2D eigenvalue weighted by atomic mass is 9.79. The highest BCUT2D eigenvalue weighted by molar-refractivity contribution is 5.54. The van der Waals surface area contributed by atoms with Gasteiger partial charge in [-0.05, 0) is 29.3 Å². The zero-order valence-electron chi connectivity index (χ0n) is 16.2. The zero-order chi connectivity index (χ0) is 18.8. The van der Waals surface area contributed by atoms with Crippen LogP contribution in [-0.2, 0) is 13.0 Å². The van der Waals surface area contributed by atoms with E-state index in [9.17, 15) is 5.11 Å². The Morgan fingerprint density at radius 1 is 1.07 bits per heavy atom. The van der Waals surface area contributed by atoms with Gasteiger partial charge in [0.05, 0.1) is 33.4 Å². The van der Waals surface area contributed by atoms with Crippen LogP contribution in [0.15, 0.2) is 24.3 Å². The van der Waals surface area contributed by atoms with E-state index in [0.29, 0.717) is 5.75 Å². The maximum absolute atomic E-state index is 11.4. The fraction of sp³-hybridized carbons (Fsp3) is 0.429. The summed E-state index contributed by atoms with van der Waals surface area (Å²) in [5, 5.41) is 11.4. The van der Waals surface area contributed by atoms with Gasteiger partial charge in [-0.25, -0.2) is 0 Å². The van der Waals surface area contributed by atoms with E-state index >= 15 is 0 Å². The molecule has 3 aliphatic rings. The Kier molecular flexibility index (Phi) is 4.61. The molecule has 28 heavy (non-hydrogen) atoms. The standard InChI is InChI=1S/C21H24NO5.ClH/c1-22-7-6-12-8-17-18(27-11-26-17)9-14(12)19(22)20(23)13-4-5-16(24-2)21(25-3)15(13)10-22;/h4-5,8-9,19-20,23H,6-7,10-11H2,1-3H3;1H/q+1;/p-1/t19-,20+,22-;/m1./s1. The van der Waals surface area contributed by atoms with E-state index in [1.165, 1.54) is 5.56 Å². The third-order valence-electron chi connectivity index (χ3n) is 6.34. The van der Waals surface area contributed by atoms with Crippen LogP contribution in [-0.4, -0.2) is 44.2 Å². The Morgan fingerprint density at radius 3 is 2.54 bits per heavy atom. The fourth-order valence-corrected chi connectivity index (χ4v) is 5.01. The van der Waals surface area contributed by atoms with Crippen LogP contribution in [0.3, 0.4) is 0 Å². The second kappa shape index (κ2) is 6.72. The van der Waals surface area contributed by atoms with Gasteiger partial charge in [-0.2, -0.15) is 0 Å². The van der Waals surface area contributed by atoms with Crippen LogP contribution >= 0.6 is 0 Å². The van der Waals surface area contributed by atoms with Crippen molar-refractivity contribution in [2.75, 3.05) is 34.6 Å². The molecule has 0 amide bonds. The van der Waals surface area contributed by atoms with Crippen LogP contribution < -0.4 is 31.4 Å². The summed E-state index contributed by atoms with van der Waals surface area (Å²) in [4.78, 5) is 0. The molecule has 2 aromatic carbocycles. The molecule has 3 heterocycles. The van der Waals surface area contributed by atoms with Gasteiger partial charge in [0.25, 0.3) is 0 Å². The number of benzene rings is 2. The van der Waals surface area contributed by atoms with E-state index in [2.05, 4.69) is 19.2 Å². The first-order valence-corrected chi connectivity index (χ1v) is 9.24. The van der Waals surface area contributed by atoms with E-state index in [0.717, 1.165) is 57.9 Å². The lowest BCUT2D eigenvalue weighted by molar-refractivity contribution is -0.960. The average molecular weight is 406 g/mol. The number of hydrogen-bond acceptors (Lipinski definition) is 5. The van der Waals surface area contributed by atoms with Crippen molar-refractivity contribution >= 4 is 0 Å². The molecule has 7 heteroatoms. The summed E-state index contributed by atoms with van der Waals surface area (Å²) in [7, 11) is 5.51. The van der Waals surface area contributed by atoms with Crippen molar-refractivity contribution in [1.82, 2.24) is 0 Å². The molecule has 5 rings (SSSR count). The molecule has 0 radical (unpaired) electrons. The lowest BCUT2D eigenvalue weighted by Gasteiger charge is -2.50. The van der Waals surface area contributed by atoms with Gasteiger partial charge in [-0.3, -0.25) is 0 Å². The number of aliphatic hydroxyl groups excluding tert-OH is 1. The first kappa shape index (κ1) is 19.2. The molecule has 0 spiro atoms. The minimum Gasteiger partial charge on any atom is -1.00 e. The molecule has 2 aromatic rings. The van der Waals surface area contributed by atoms with Crippen LogP contribution in [0.5, 0.6) is 23.0 Å². The highest BCUT2D eigenvalue weighted by atomic mass is 35.5. The van der Waals surface area contributed by atoms with Gasteiger partial charge in [-0.1, -0.05) is 6.07 Å². The molecule has 0 fully saturated rings. The van der Waals surface area contributed by atoms with Gasteiger partial charge in [-0.15, -0.1) is 0 Å². The van der Waals surface area contributed by atoms with E-state index < -0.39 is 6.10 Å². The van der Waals surface area contributed by atoms with Gasteiger partial charge >= 0.3 is 0 Å². The van der Waals surface area contributed by atoms with Crippen LogP contribution in [0.25, 0.3) is 0 Å². The number of methoxy groups -OCH3 is 2. The van der Waals surface area contributed by atoms with Crippen molar-refractivity contribution in [3.63, 3.8) is 0 Å². The summed E-state index contributed by atoms with van der Waals surface area (Å²) in [6, 6.07) is 7.94. The third-order valence-corrected chi connectivity index (χ3v) is 6.34. The molecule has 0 aliphatic carbocycles. The number of fused-ring (bicyclic) bond motifs is 5. The first-order chi connectivity index (χ1) is 13.1. The lowest BCUT2D eigenvalue weighted by Crippen LogP contribution is -3.00. The van der Waals surface area contributed by atoms with Crippen LogP contribution in [0.2, 0.25) is 0 Å². The molecule has 0 unspecified atom stereocenters. The molecular weight excluding hydrogens is 382 g/mol. The minimum absolute atomic E-state index is 0. The Bertz CT molecular complexity index is 933. The van der Waals surface area contributed by atoms with Crippen molar-refractivity contribution < 1.29 is 40.9 Å². The van der Waals surface area contributed by atoms with E-state index in [4.69, 9.17) is 18.9 Å². The predicted molar refractivity (Wildman–Crippen MR) is 98.3 cm³/mol. The summed E-state index contributed by atoms with van der Waals surface area (Å²) >= 11 is 0.